The number of rotatable bonds is 4. The number of sulfonamides is 1. The van der Waals surface area contributed by atoms with E-state index in [0.717, 1.165) is 12.3 Å². The summed E-state index contributed by atoms with van der Waals surface area (Å²) in [4.78, 5) is 17.1. The molecular weight excluding hydrogens is 485 g/mol. The molecule has 4 rings (SSSR count). The van der Waals surface area contributed by atoms with Gasteiger partial charge in [0, 0.05) is 24.9 Å². The second-order valence-electron chi connectivity index (χ2n) is 9.57. The standard InChI is InChI=1S/C23H25F3N4O4S/c1-23(2,3)34-22(31)28-19-11-30-20-6-5-12(29-35(4,32)33)7-18(20)27-21(30)9-14(19)13-8-16(25)17(26)10-15(13)24/h5-8,10,14,19,29H,9,11H2,1-4H3,(H,28,31)/t14-,19+/m1/s1. The predicted molar refractivity (Wildman–Crippen MR) is 124 cm³/mol. The Morgan fingerprint density at radius 3 is 2.46 bits per heavy atom. The Labute approximate surface area is 200 Å². The molecule has 2 aromatic carbocycles. The van der Waals surface area contributed by atoms with E-state index < -0.39 is 51.1 Å². The van der Waals surface area contributed by atoms with E-state index in [0.29, 0.717) is 28.6 Å². The third kappa shape index (κ3) is 5.53. The number of fused-ring (bicyclic) bond motifs is 3. The molecule has 0 saturated heterocycles. The first-order chi connectivity index (χ1) is 16.2. The normalized spacial score (nSPS) is 18.3. The molecule has 0 saturated carbocycles. The molecule has 0 radical (unpaired) electrons. The van der Waals surface area contributed by atoms with Crippen LogP contribution in [0.2, 0.25) is 0 Å². The topological polar surface area (TPSA) is 102 Å². The summed E-state index contributed by atoms with van der Waals surface area (Å²) >= 11 is 0. The number of imidazole rings is 1. The minimum atomic E-state index is -3.50. The van der Waals surface area contributed by atoms with Crippen molar-refractivity contribution in [2.24, 2.45) is 0 Å². The quantitative estimate of drug-likeness (QED) is 0.516. The number of benzene rings is 2. The molecule has 8 nitrogen and oxygen atoms in total. The van der Waals surface area contributed by atoms with Crippen LogP contribution in [0.4, 0.5) is 23.7 Å². The lowest BCUT2D eigenvalue weighted by atomic mass is 9.85. The van der Waals surface area contributed by atoms with Crippen LogP contribution < -0.4 is 10.0 Å². The van der Waals surface area contributed by atoms with Gasteiger partial charge >= 0.3 is 6.09 Å². The third-order valence-corrected chi connectivity index (χ3v) is 6.15. The largest absolute Gasteiger partial charge is 0.444 e. The molecule has 0 fully saturated rings. The fourth-order valence-electron chi connectivity index (χ4n) is 4.23. The van der Waals surface area contributed by atoms with Gasteiger partial charge in [0.15, 0.2) is 11.6 Å². The van der Waals surface area contributed by atoms with Crippen molar-refractivity contribution in [2.75, 3.05) is 11.0 Å². The zero-order valence-electron chi connectivity index (χ0n) is 19.5. The molecule has 188 valence electrons. The van der Waals surface area contributed by atoms with Crippen LogP contribution in [0.25, 0.3) is 11.0 Å². The molecule has 0 bridgehead atoms. The van der Waals surface area contributed by atoms with E-state index in [2.05, 4.69) is 15.0 Å². The van der Waals surface area contributed by atoms with E-state index in [1.54, 1.807) is 39.0 Å². The number of amides is 1. The van der Waals surface area contributed by atoms with Crippen LogP contribution in [0.3, 0.4) is 0 Å². The highest BCUT2D eigenvalue weighted by Gasteiger charge is 2.36. The molecule has 3 aromatic rings. The highest BCUT2D eigenvalue weighted by molar-refractivity contribution is 7.92. The summed E-state index contributed by atoms with van der Waals surface area (Å²) < 4.78 is 75.1. The Hall–Kier alpha value is -3.28. The number of aromatic nitrogens is 2. The second-order valence-corrected chi connectivity index (χ2v) is 11.3. The molecule has 1 aromatic heterocycles. The van der Waals surface area contributed by atoms with Gasteiger partial charge in [0.1, 0.15) is 17.2 Å². The summed E-state index contributed by atoms with van der Waals surface area (Å²) in [5, 5.41) is 2.74. The van der Waals surface area contributed by atoms with Crippen molar-refractivity contribution in [1.82, 2.24) is 14.9 Å². The van der Waals surface area contributed by atoms with Crippen molar-refractivity contribution >= 4 is 32.8 Å². The smallest absolute Gasteiger partial charge is 0.407 e. The van der Waals surface area contributed by atoms with Crippen molar-refractivity contribution in [3.8, 4) is 0 Å². The maximum atomic E-state index is 14.7. The second kappa shape index (κ2) is 8.74. The highest BCUT2D eigenvalue weighted by atomic mass is 32.2. The van der Waals surface area contributed by atoms with Gasteiger partial charge in [-0.15, -0.1) is 0 Å². The first-order valence-electron chi connectivity index (χ1n) is 10.8. The molecule has 0 aliphatic carbocycles. The van der Waals surface area contributed by atoms with Crippen molar-refractivity contribution in [3.63, 3.8) is 0 Å². The summed E-state index contributed by atoms with van der Waals surface area (Å²) in [7, 11) is -3.50. The van der Waals surface area contributed by atoms with Crippen molar-refractivity contribution in [1.29, 1.82) is 0 Å². The summed E-state index contributed by atoms with van der Waals surface area (Å²) in [5.41, 5.74) is 0.595. The molecule has 1 aliphatic rings. The number of ether oxygens (including phenoxy) is 1. The molecule has 2 N–H and O–H groups in total. The number of carbonyl (C=O) groups excluding carboxylic acids is 1. The van der Waals surface area contributed by atoms with Gasteiger partial charge in [-0.05, 0) is 50.6 Å². The van der Waals surface area contributed by atoms with Crippen molar-refractivity contribution in [2.45, 2.75) is 51.3 Å². The summed E-state index contributed by atoms with van der Waals surface area (Å²) in [5.74, 6) is -3.69. The number of hydrogen-bond donors (Lipinski definition) is 2. The van der Waals surface area contributed by atoms with Gasteiger partial charge in [0.25, 0.3) is 0 Å². The number of alkyl carbamates (subject to hydrolysis) is 1. The van der Waals surface area contributed by atoms with E-state index in [1.165, 1.54) is 0 Å². The lowest BCUT2D eigenvalue weighted by Crippen LogP contribution is -2.47. The van der Waals surface area contributed by atoms with Gasteiger partial charge in [-0.1, -0.05) is 0 Å². The minimum Gasteiger partial charge on any atom is -0.444 e. The Balaban J connectivity index is 1.75. The Bertz CT molecular complexity index is 1420. The molecular formula is C23H25F3N4O4S. The van der Waals surface area contributed by atoms with Crippen LogP contribution in [0.1, 0.15) is 38.1 Å². The van der Waals surface area contributed by atoms with Gasteiger partial charge in [0.2, 0.25) is 10.0 Å². The van der Waals surface area contributed by atoms with Gasteiger partial charge in [-0.25, -0.2) is 31.4 Å². The van der Waals surface area contributed by atoms with E-state index in [1.807, 2.05) is 4.57 Å². The van der Waals surface area contributed by atoms with E-state index in [-0.39, 0.29) is 18.5 Å². The SMILES string of the molecule is CC(C)(C)OC(=O)N[C@H]1Cn2c(nc3cc(NS(C)(=O)=O)ccc32)C[C@@H]1c1cc(F)c(F)cc1F. The lowest BCUT2D eigenvalue weighted by Gasteiger charge is -2.34. The van der Waals surface area contributed by atoms with Crippen LogP contribution in [-0.4, -0.2) is 42.0 Å². The maximum absolute atomic E-state index is 14.7. The van der Waals surface area contributed by atoms with Crippen LogP contribution in [0.15, 0.2) is 30.3 Å². The maximum Gasteiger partial charge on any atom is 0.407 e. The summed E-state index contributed by atoms with van der Waals surface area (Å²) in [6.07, 6.45) is 0.401. The summed E-state index contributed by atoms with van der Waals surface area (Å²) in [6, 6.07) is 5.37. The summed E-state index contributed by atoms with van der Waals surface area (Å²) in [6.45, 7) is 5.24. The zero-order valence-corrected chi connectivity index (χ0v) is 20.3. The molecule has 2 heterocycles. The molecule has 2 atom stereocenters. The van der Waals surface area contributed by atoms with Crippen molar-refractivity contribution in [3.05, 3.63) is 59.2 Å². The first kappa shape index (κ1) is 24.8. The minimum absolute atomic E-state index is 0.0947. The van der Waals surface area contributed by atoms with Crippen LogP contribution >= 0.6 is 0 Å². The van der Waals surface area contributed by atoms with Gasteiger partial charge in [-0.3, -0.25) is 4.72 Å². The van der Waals surface area contributed by atoms with Gasteiger partial charge in [0.05, 0.1) is 29.0 Å². The first-order valence-corrected chi connectivity index (χ1v) is 12.7. The highest BCUT2D eigenvalue weighted by Crippen LogP contribution is 2.35. The lowest BCUT2D eigenvalue weighted by molar-refractivity contribution is 0.0485. The fourth-order valence-corrected chi connectivity index (χ4v) is 4.79. The van der Waals surface area contributed by atoms with Gasteiger partial charge in [-0.2, -0.15) is 0 Å². The molecule has 12 heteroatoms. The Morgan fingerprint density at radius 1 is 1.11 bits per heavy atom. The van der Waals surface area contributed by atoms with Crippen LogP contribution in [0, 0.1) is 17.5 Å². The van der Waals surface area contributed by atoms with Gasteiger partial charge < -0.3 is 14.6 Å². The number of halogens is 3. The molecule has 0 spiro atoms. The average Bonchev–Trinajstić information content (AvgIpc) is 3.04. The molecule has 1 amide bonds. The van der Waals surface area contributed by atoms with E-state index >= 15 is 0 Å². The number of nitrogens with one attached hydrogen (secondary N) is 2. The van der Waals surface area contributed by atoms with E-state index in [4.69, 9.17) is 4.74 Å². The van der Waals surface area contributed by atoms with Crippen LogP contribution in [0.5, 0.6) is 0 Å². The Kier molecular flexibility index (Phi) is 6.20. The number of hydrogen-bond acceptors (Lipinski definition) is 5. The number of anilines is 1. The number of carbonyl (C=O) groups is 1. The molecule has 35 heavy (non-hydrogen) atoms. The average molecular weight is 511 g/mol. The van der Waals surface area contributed by atoms with Crippen molar-refractivity contribution < 1.29 is 31.1 Å². The van der Waals surface area contributed by atoms with E-state index in [9.17, 15) is 26.4 Å². The Morgan fingerprint density at radius 2 is 1.80 bits per heavy atom. The molecule has 1 aliphatic heterocycles. The fraction of sp³-hybridized carbons (Fsp3) is 0.391. The zero-order chi connectivity index (χ0) is 25.7. The van der Waals surface area contributed by atoms with Crippen LogP contribution in [-0.2, 0) is 27.7 Å². The number of nitrogens with zero attached hydrogens (tertiary/aromatic N) is 2. The monoisotopic (exact) mass is 510 g/mol. The predicted octanol–water partition coefficient (Wildman–Crippen LogP) is 4.06. The molecule has 0 unspecified atom stereocenters. The third-order valence-electron chi connectivity index (χ3n) is 5.54.